The van der Waals surface area contributed by atoms with E-state index in [4.69, 9.17) is 0 Å². The Bertz CT molecular complexity index is 667. The van der Waals surface area contributed by atoms with Crippen molar-refractivity contribution in [2.45, 2.75) is 31.7 Å². The van der Waals surface area contributed by atoms with E-state index in [9.17, 15) is 24.0 Å². The summed E-state index contributed by atoms with van der Waals surface area (Å²) in [6.45, 7) is 0.306. The van der Waals surface area contributed by atoms with Gasteiger partial charge in [0.15, 0.2) is 0 Å². The van der Waals surface area contributed by atoms with Gasteiger partial charge in [0.25, 0.3) is 0 Å². The van der Waals surface area contributed by atoms with Crippen LogP contribution in [0.5, 0.6) is 0 Å². The second-order valence-corrected chi connectivity index (χ2v) is 7.03. The Balaban J connectivity index is 1.35. The Morgan fingerprint density at radius 1 is 0.920 bits per heavy atom. The highest BCUT2D eigenvalue weighted by Gasteiger charge is 2.52. The molecule has 3 saturated heterocycles. The van der Waals surface area contributed by atoms with Crippen LogP contribution in [0.2, 0.25) is 0 Å². The lowest BCUT2D eigenvalue weighted by Gasteiger charge is -2.43. The number of hydrogen-bond acceptors (Lipinski definition) is 5. The molecule has 2 unspecified atom stereocenters. The molecule has 0 aromatic rings. The fourth-order valence-corrected chi connectivity index (χ4v) is 4.04. The number of nitrogens with zero attached hydrogens (tertiary/aromatic N) is 3. The van der Waals surface area contributed by atoms with Crippen LogP contribution in [0.1, 0.15) is 25.7 Å². The molecule has 8 nitrogen and oxygen atoms in total. The van der Waals surface area contributed by atoms with E-state index in [0.29, 0.717) is 12.8 Å². The number of hydrogen-bond donors (Lipinski definition) is 0. The van der Waals surface area contributed by atoms with Crippen molar-refractivity contribution in [2.75, 3.05) is 19.6 Å². The summed E-state index contributed by atoms with van der Waals surface area (Å²) in [5, 5.41) is 0. The molecule has 4 aliphatic rings. The average Bonchev–Trinajstić information content (AvgIpc) is 3.00. The summed E-state index contributed by atoms with van der Waals surface area (Å²) >= 11 is 0. The predicted molar refractivity (Wildman–Crippen MR) is 83.5 cm³/mol. The third kappa shape index (κ3) is 2.47. The molecule has 1 aliphatic carbocycles. The summed E-state index contributed by atoms with van der Waals surface area (Å²) < 4.78 is 0. The van der Waals surface area contributed by atoms with Gasteiger partial charge in [-0.1, -0.05) is 12.2 Å². The number of imide groups is 2. The maximum Gasteiger partial charge on any atom is 0.242 e. The topological polar surface area (TPSA) is 95.1 Å². The second kappa shape index (κ2) is 5.79. The quantitative estimate of drug-likeness (QED) is 0.498. The highest BCUT2D eigenvalue weighted by atomic mass is 16.2. The molecule has 4 rings (SSSR count). The minimum Gasteiger partial charge on any atom is -0.337 e. The smallest absolute Gasteiger partial charge is 0.242 e. The molecule has 0 aromatic carbocycles. The summed E-state index contributed by atoms with van der Waals surface area (Å²) in [5.74, 6) is -1.77. The maximum absolute atomic E-state index is 12.5. The fourth-order valence-electron chi connectivity index (χ4n) is 4.04. The lowest BCUT2D eigenvalue weighted by Crippen LogP contribution is -2.63. The van der Waals surface area contributed by atoms with Crippen LogP contribution < -0.4 is 0 Å². The highest BCUT2D eigenvalue weighted by Crippen LogP contribution is 2.37. The van der Waals surface area contributed by atoms with Gasteiger partial charge in [0.1, 0.15) is 6.54 Å². The van der Waals surface area contributed by atoms with Crippen LogP contribution in [0, 0.1) is 11.8 Å². The van der Waals surface area contributed by atoms with Gasteiger partial charge in [-0.3, -0.25) is 33.8 Å². The van der Waals surface area contributed by atoms with Crippen molar-refractivity contribution >= 4 is 29.5 Å². The summed E-state index contributed by atoms with van der Waals surface area (Å²) in [4.78, 5) is 64.2. The molecule has 132 valence electrons. The van der Waals surface area contributed by atoms with Crippen LogP contribution in [0.15, 0.2) is 12.2 Å². The SMILES string of the molecule is O=C(CN1C(=O)CCC1=O)N1CC(N2C(=O)C3CC=CCC3C2=O)C1. The summed E-state index contributed by atoms with van der Waals surface area (Å²) in [5.41, 5.74) is 0. The van der Waals surface area contributed by atoms with Crippen molar-refractivity contribution in [3.8, 4) is 0 Å². The zero-order valence-corrected chi connectivity index (χ0v) is 13.7. The van der Waals surface area contributed by atoms with Crippen LogP contribution >= 0.6 is 0 Å². The maximum atomic E-state index is 12.5. The minimum atomic E-state index is -0.322. The van der Waals surface area contributed by atoms with E-state index < -0.39 is 0 Å². The molecule has 0 saturated carbocycles. The monoisotopic (exact) mass is 345 g/mol. The first-order valence-corrected chi connectivity index (χ1v) is 8.60. The van der Waals surface area contributed by atoms with Gasteiger partial charge in [-0.05, 0) is 12.8 Å². The van der Waals surface area contributed by atoms with Crippen LogP contribution in [-0.4, -0.2) is 69.9 Å². The number of allylic oxidation sites excluding steroid dienone is 2. The van der Waals surface area contributed by atoms with Crippen LogP contribution in [0.3, 0.4) is 0 Å². The van der Waals surface area contributed by atoms with E-state index in [1.807, 2.05) is 12.2 Å². The van der Waals surface area contributed by atoms with E-state index in [0.717, 1.165) is 4.90 Å². The van der Waals surface area contributed by atoms with Gasteiger partial charge in [-0.2, -0.15) is 0 Å². The van der Waals surface area contributed by atoms with E-state index >= 15 is 0 Å². The largest absolute Gasteiger partial charge is 0.337 e. The van der Waals surface area contributed by atoms with E-state index in [-0.39, 0.29) is 79.9 Å². The fraction of sp³-hybridized carbons (Fsp3) is 0.588. The van der Waals surface area contributed by atoms with Crippen molar-refractivity contribution < 1.29 is 24.0 Å². The lowest BCUT2D eigenvalue weighted by molar-refractivity contribution is -0.154. The van der Waals surface area contributed by atoms with Crippen LogP contribution in [-0.2, 0) is 24.0 Å². The van der Waals surface area contributed by atoms with Crippen LogP contribution in [0.4, 0.5) is 0 Å². The molecule has 3 aliphatic heterocycles. The molecule has 0 N–H and O–H groups in total. The summed E-state index contributed by atoms with van der Waals surface area (Å²) in [6, 6.07) is -0.292. The van der Waals surface area contributed by atoms with Gasteiger partial charge >= 0.3 is 0 Å². The molecule has 0 radical (unpaired) electrons. The molecule has 0 spiro atoms. The molecule has 8 heteroatoms. The minimum absolute atomic E-state index is 0.138. The number of rotatable bonds is 3. The van der Waals surface area contributed by atoms with Gasteiger partial charge in [0.2, 0.25) is 29.5 Å². The third-order valence-electron chi connectivity index (χ3n) is 5.57. The Hall–Kier alpha value is -2.51. The third-order valence-corrected chi connectivity index (χ3v) is 5.57. The van der Waals surface area contributed by atoms with Crippen molar-refractivity contribution in [1.29, 1.82) is 0 Å². The van der Waals surface area contributed by atoms with Crippen molar-refractivity contribution in [2.24, 2.45) is 11.8 Å². The van der Waals surface area contributed by atoms with Crippen molar-refractivity contribution in [3.05, 3.63) is 12.2 Å². The molecular formula is C17H19N3O5. The van der Waals surface area contributed by atoms with Gasteiger partial charge in [-0.15, -0.1) is 0 Å². The zero-order chi connectivity index (χ0) is 17.7. The first kappa shape index (κ1) is 16.0. The lowest BCUT2D eigenvalue weighted by atomic mass is 9.85. The standard InChI is InChI=1S/C17H19N3O5/c21-13-5-6-14(22)19(13)9-15(23)18-7-10(8-18)20-16(24)11-3-1-2-4-12(11)17(20)25/h1-2,10-12H,3-9H2. The van der Waals surface area contributed by atoms with E-state index in [2.05, 4.69) is 0 Å². The Morgan fingerprint density at radius 3 is 1.96 bits per heavy atom. The van der Waals surface area contributed by atoms with Gasteiger partial charge in [-0.25, -0.2) is 0 Å². The number of fused-ring (bicyclic) bond motifs is 1. The average molecular weight is 345 g/mol. The first-order chi connectivity index (χ1) is 12.0. The molecule has 3 heterocycles. The van der Waals surface area contributed by atoms with Crippen LogP contribution in [0.25, 0.3) is 0 Å². The Kier molecular flexibility index (Phi) is 3.70. The summed E-state index contributed by atoms with van der Waals surface area (Å²) in [7, 11) is 0. The molecule has 3 fully saturated rings. The number of carbonyl (C=O) groups excluding carboxylic acids is 5. The molecule has 5 amide bonds. The molecule has 0 bridgehead atoms. The normalized spacial score (nSPS) is 29.5. The second-order valence-electron chi connectivity index (χ2n) is 7.03. The van der Waals surface area contributed by atoms with Gasteiger partial charge < -0.3 is 4.90 Å². The number of amides is 5. The molecule has 0 aromatic heterocycles. The van der Waals surface area contributed by atoms with Crippen molar-refractivity contribution in [1.82, 2.24) is 14.7 Å². The van der Waals surface area contributed by atoms with E-state index in [1.54, 1.807) is 0 Å². The zero-order valence-electron chi connectivity index (χ0n) is 13.7. The first-order valence-electron chi connectivity index (χ1n) is 8.60. The van der Waals surface area contributed by atoms with Gasteiger partial charge in [0.05, 0.1) is 17.9 Å². The highest BCUT2D eigenvalue weighted by molar-refractivity contribution is 6.06. The summed E-state index contributed by atoms with van der Waals surface area (Å²) in [6.07, 6.45) is 5.39. The van der Waals surface area contributed by atoms with E-state index in [1.165, 1.54) is 9.80 Å². The molecule has 25 heavy (non-hydrogen) atoms. The molecular weight excluding hydrogens is 326 g/mol. The predicted octanol–water partition coefficient (Wildman–Crippen LogP) is -0.703. The number of likely N-dealkylation sites (tertiary alicyclic amines) is 3. The molecule has 2 atom stereocenters. The Labute approximate surface area is 144 Å². The number of carbonyl (C=O) groups is 5. The van der Waals surface area contributed by atoms with Crippen molar-refractivity contribution in [3.63, 3.8) is 0 Å². The Morgan fingerprint density at radius 2 is 1.44 bits per heavy atom. The van der Waals surface area contributed by atoms with Gasteiger partial charge in [0, 0.05) is 25.9 Å².